The first-order valence-electron chi connectivity index (χ1n) is 6.43. The van der Waals surface area contributed by atoms with Gasteiger partial charge in [0.1, 0.15) is 5.75 Å². The Labute approximate surface area is 118 Å². The van der Waals surface area contributed by atoms with E-state index in [1.165, 1.54) is 0 Å². The van der Waals surface area contributed by atoms with Crippen LogP contribution < -0.4 is 15.4 Å². The zero-order valence-electron chi connectivity index (χ0n) is 11.7. The molecule has 0 bridgehead atoms. The van der Waals surface area contributed by atoms with Crippen LogP contribution in [0.15, 0.2) is 24.3 Å². The molecule has 20 heavy (non-hydrogen) atoms. The third kappa shape index (κ3) is 4.89. The quantitative estimate of drug-likeness (QED) is 0.650. The van der Waals surface area contributed by atoms with Gasteiger partial charge in [0.15, 0.2) is 0 Å². The minimum Gasteiger partial charge on any atom is -0.497 e. The molecule has 1 rings (SSSR count). The summed E-state index contributed by atoms with van der Waals surface area (Å²) in [5.41, 5.74) is 0.862. The predicted molar refractivity (Wildman–Crippen MR) is 74.1 cm³/mol. The number of ether oxygens (including phenoxy) is 1. The van der Waals surface area contributed by atoms with Crippen molar-refractivity contribution in [2.24, 2.45) is 0 Å². The van der Waals surface area contributed by atoms with Gasteiger partial charge in [-0.25, -0.2) is 0 Å². The normalized spacial score (nSPS) is 11.6. The molecule has 1 atom stereocenters. The van der Waals surface area contributed by atoms with Crippen LogP contribution in [-0.2, 0) is 16.1 Å². The van der Waals surface area contributed by atoms with Gasteiger partial charge in [0, 0.05) is 6.54 Å². The number of rotatable bonds is 6. The molecular formula is C14H20N2O4. The summed E-state index contributed by atoms with van der Waals surface area (Å²) in [7, 11) is 1.58. The van der Waals surface area contributed by atoms with Crippen molar-refractivity contribution in [3.05, 3.63) is 29.8 Å². The molecule has 0 saturated heterocycles. The number of carbonyl (C=O) groups excluding carboxylic acids is 2. The van der Waals surface area contributed by atoms with Gasteiger partial charge in [-0.2, -0.15) is 0 Å². The van der Waals surface area contributed by atoms with Gasteiger partial charge < -0.3 is 20.5 Å². The van der Waals surface area contributed by atoms with Gasteiger partial charge in [-0.1, -0.05) is 19.1 Å². The highest BCUT2D eigenvalue weighted by Crippen LogP contribution is 2.10. The Morgan fingerprint density at radius 1 is 1.25 bits per heavy atom. The summed E-state index contributed by atoms with van der Waals surface area (Å²) in [5.74, 6) is -0.723. The number of methoxy groups -OCH3 is 1. The van der Waals surface area contributed by atoms with Crippen LogP contribution in [0.4, 0.5) is 0 Å². The zero-order chi connectivity index (χ0) is 15.0. The van der Waals surface area contributed by atoms with E-state index >= 15 is 0 Å². The van der Waals surface area contributed by atoms with Gasteiger partial charge >= 0.3 is 11.8 Å². The number of nitrogens with one attached hydrogen (secondary N) is 2. The molecule has 6 nitrogen and oxygen atoms in total. The van der Waals surface area contributed by atoms with Crippen molar-refractivity contribution in [3.63, 3.8) is 0 Å². The molecule has 0 unspecified atom stereocenters. The standard InChI is InChI=1S/C14H20N2O4/c1-3-11(9-17)16-14(19)13(18)15-8-10-4-6-12(20-2)7-5-10/h4-7,11,17H,3,8-9H2,1-2H3,(H,15,18)(H,16,19)/t11-/m1/s1. The number of aliphatic hydroxyl groups is 1. The zero-order valence-corrected chi connectivity index (χ0v) is 11.7. The first-order valence-corrected chi connectivity index (χ1v) is 6.43. The third-order valence-electron chi connectivity index (χ3n) is 2.87. The maximum absolute atomic E-state index is 11.6. The molecule has 3 N–H and O–H groups in total. The van der Waals surface area contributed by atoms with E-state index in [9.17, 15) is 9.59 Å². The van der Waals surface area contributed by atoms with Crippen LogP contribution in [0.5, 0.6) is 5.75 Å². The van der Waals surface area contributed by atoms with E-state index in [4.69, 9.17) is 9.84 Å². The molecule has 1 aromatic carbocycles. The predicted octanol–water partition coefficient (Wildman–Crippen LogP) is 0.199. The van der Waals surface area contributed by atoms with Crippen molar-refractivity contribution >= 4 is 11.8 Å². The lowest BCUT2D eigenvalue weighted by atomic mass is 10.2. The number of amides is 2. The maximum atomic E-state index is 11.6. The van der Waals surface area contributed by atoms with Gasteiger partial charge in [0.2, 0.25) is 0 Å². The molecule has 0 heterocycles. The van der Waals surface area contributed by atoms with Gasteiger partial charge in [-0.15, -0.1) is 0 Å². The fraction of sp³-hybridized carbons (Fsp3) is 0.429. The molecule has 110 valence electrons. The molecule has 2 amide bonds. The maximum Gasteiger partial charge on any atom is 0.309 e. The number of benzene rings is 1. The van der Waals surface area contributed by atoms with E-state index < -0.39 is 17.9 Å². The number of aliphatic hydroxyl groups excluding tert-OH is 1. The van der Waals surface area contributed by atoms with Crippen LogP contribution in [0.25, 0.3) is 0 Å². The second kappa shape index (κ2) is 8.16. The fourth-order valence-electron chi connectivity index (χ4n) is 1.53. The summed E-state index contributed by atoms with van der Waals surface area (Å²) >= 11 is 0. The SMILES string of the molecule is CC[C@H](CO)NC(=O)C(=O)NCc1ccc(OC)cc1. The first kappa shape index (κ1) is 16.0. The van der Waals surface area contributed by atoms with E-state index in [-0.39, 0.29) is 13.2 Å². The highest BCUT2D eigenvalue weighted by Gasteiger charge is 2.16. The van der Waals surface area contributed by atoms with E-state index in [2.05, 4.69) is 10.6 Å². The van der Waals surface area contributed by atoms with Crippen LogP contribution >= 0.6 is 0 Å². The smallest absolute Gasteiger partial charge is 0.309 e. The lowest BCUT2D eigenvalue weighted by Crippen LogP contribution is -2.45. The van der Waals surface area contributed by atoms with Gasteiger partial charge in [0.05, 0.1) is 19.8 Å². The van der Waals surface area contributed by atoms with Crippen molar-refractivity contribution in [2.75, 3.05) is 13.7 Å². The Kier molecular flexibility index (Phi) is 6.52. The van der Waals surface area contributed by atoms with Gasteiger partial charge in [-0.05, 0) is 24.1 Å². The highest BCUT2D eigenvalue weighted by molar-refractivity contribution is 6.35. The minimum atomic E-state index is -0.737. The number of carbonyl (C=O) groups is 2. The molecule has 0 aliphatic carbocycles. The Bertz CT molecular complexity index is 441. The Hall–Kier alpha value is -2.08. The van der Waals surface area contributed by atoms with Crippen LogP contribution in [0, 0.1) is 0 Å². The average Bonchev–Trinajstić information content (AvgIpc) is 2.50. The molecule has 0 saturated carbocycles. The Morgan fingerprint density at radius 2 is 1.90 bits per heavy atom. The van der Waals surface area contributed by atoms with Crippen molar-refractivity contribution in [2.45, 2.75) is 25.9 Å². The number of hydrogen-bond donors (Lipinski definition) is 3. The lowest BCUT2D eigenvalue weighted by Gasteiger charge is -2.13. The van der Waals surface area contributed by atoms with Crippen molar-refractivity contribution in [3.8, 4) is 5.75 Å². The van der Waals surface area contributed by atoms with Gasteiger partial charge in [0.25, 0.3) is 0 Å². The molecule has 0 aliphatic heterocycles. The Balaban J connectivity index is 2.43. The van der Waals surface area contributed by atoms with Crippen molar-refractivity contribution in [1.82, 2.24) is 10.6 Å². The summed E-state index contributed by atoms with van der Waals surface area (Å²) < 4.78 is 5.03. The van der Waals surface area contributed by atoms with Crippen LogP contribution in [0.1, 0.15) is 18.9 Å². The molecule has 6 heteroatoms. The van der Waals surface area contributed by atoms with E-state index in [1.807, 2.05) is 6.92 Å². The lowest BCUT2D eigenvalue weighted by molar-refractivity contribution is -0.139. The summed E-state index contributed by atoms with van der Waals surface area (Å²) in [5, 5.41) is 13.9. The van der Waals surface area contributed by atoms with E-state index in [0.717, 1.165) is 11.3 Å². The fourth-order valence-corrected chi connectivity index (χ4v) is 1.53. The molecule has 1 aromatic rings. The summed E-state index contributed by atoms with van der Waals surface area (Å²) in [6.45, 7) is 1.89. The second-order valence-corrected chi connectivity index (χ2v) is 4.29. The van der Waals surface area contributed by atoms with Crippen molar-refractivity contribution < 1.29 is 19.4 Å². The monoisotopic (exact) mass is 280 g/mol. The first-order chi connectivity index (χ1) is 9.60. The van der Waals surface area contributed by atoms with E-state index in [0.29, 0.717) is 6.42 Å². The molecule has 0 fully saturated rings. The second-order valence-electron chi connectivity index (χ2n) is 4.29. The third-order valence-corrected chi connectivity index (χ3v) is 2.87. The van der Waals surface area contributed by atoms with Gasteiger partial charge in [-0.3, -0.25) is 9.59 Å². The number of hydrogen-bond acceptors (Lipinski definition) is 4. The van der Waals surface area contributed by atoms with Crippen molar-refractivity contribution in [1.29, 1.82) is 0 Å². The highest BCUT2D eigenvalue weighted by atomic mass is 16.5. The molecule has 0 aliphatic rings. The molecule has 0 aromatic heterocycles. The summed E-state index contributed by atoms with van der Waals surface area (Å²) in [4.78, 5) is 23.1. The molecular weight excluding hydrogens is 260 g/mol. The molecule has 0 radical (unpaired) electrons. The van der Waals surface area contributed by atoms with E-state index in [1.54, 1.807) is 31.4 Å². The topological polar surface area (TPSA) is 87.7 Å². The molecule has 0 spiro atoms. The summed E-state index contributed by atoms with van der Waals surface area (Å²) in [6, 6.07) is 6.77. The average molecular weight is 280 g/mol. The minimum absolute atomic E-state index is 0.187. The largest absolute Gasteiger partial charge is 0.497 e. The Morgan fingerprint density at radius 3 is 2.40 bits per heavy atom. The van der Waals surface area contributed by atoms with Crippen LogP contribution in [-0.4, -0.2) is 36.7 Å². The van der Waals surface area contributed by atoms with Crippen LogP contribution in [0.2, 0.25) is 0 Å². The van der Waals surface area contributed by atoms with Crippen LogP contribution in [0.3, 0.4) is 0 Å². The summed E-state index contributed by atoms with van der Waals surface area (Å²) in [6.07, 6.45) is 0.563.